The Hall–Kier alpha value is -2.17. The molecule has 7 heteroatoms. The first-order valence-corrected chi connectivity index (χ1v) is 11.2. The fraction of sp³-hybridized carbons (Fsp3) is 0.125. The molecule has 158 valence electrons. The van der Waals surface area contributed by atoms with Crippen LogP contribution >= 0.6 is 46.4 Å². The first-order valence-electron chi connectivity index (χ1n) is 9.66. The molecule has 4 rings (SSSR count). The number of benzene rings is 3. The van der Waals surface area contributed by atoms with E-state index in [4.69, 9.17) is 46.4 Å². The third kappa shape index (κ3) is 4.70. The van der Waals surface area contributed by atoms with Crippen molar-refractivity contribution in [2.75, 3.05) is 0 Å². The van der Waals surface area contributed by atoms with Crippen molar-refractivity contribution in [3.05, 3.63) is 103 Å². The Labute approximate surface area is 201 Å². The van der Waals surface area contributed by atoms with Gasteiger partial charge in [-0.3, -0.25) is 0 Å². The molecule has 0 radical (unpaired) electrons. The summed E-state index contributed by atoms with van der Waals surface area (Å²) in [5.74, 6) is 0. The van der Waals surface area contributed by atoms with E-state index in [9.17, 15) is 0 Å². The number of nitrogens with one attached hydrogen (secondary N) is 1. The monoisotopic (exact) mass is 489 g/mol. The van der Waals surface area contributed by atoms with E-state index in [0.717, 1.165) is 33.3 Å². The lowest BCUT2D eigenvalue weighted by molar-refractivity contribution is 0.748. The Morgan fingerprint density at radius 2 is 1.65 bits per heavy atom. The van der Waals surface area contributed by atoms with E-state index in [0.29, 0.717) is 33.2 Å². The lowest BCUT2D eigenvalue weighted by Crippen LogP contribution is -2.07. The van der Waals surface area contributed by atoms with Gasteiger partial charge in [-0.1, -0.05) is 76.7 Å². The van der Waals surface area contributed by atoms with E-state index in [1.54, 1.807) is 6.07 Å². The maximum absolute atomic E-state index is 6.42. The first kappa shape index (κ1) is 22.0. The van der Waals surface area contributed by atoms with Gasteiger partial charge in [-0.05, 0) is 42.8 Å². The number of hydrazone groups is 1. The molecule has 0 saturated heterocycles. The van der Waals surface area contributed by atoms with E-state index in [2.05, 4.69) is 34.2 Å². The number of nitrogens with zero attached hydrogens (tertiary/aromatic N) is 2. The number of hydrogen-bond donors (Lipinski definition) is 1. The van der Waals surface area contributed by atoms with Gasteiger partial charge in [0, 0.05) is 54.4 Å². The highest BCUT2D eigenvalue weighted by Gasteiger charge is 2.14. The van der Waals surface area contributed by atoms with Crippen molar-refractivity contribution in [2.45, 2.75) is 20.0 Å². The normalized spacial score (nSPS) is 11.5. The second-order valence-electron chi connectivity index (χ2n) is 7.13. The second kappa shape index (κ2) is 9.54. The maximum atomic E-state index is 6.42. The third-order valence-corrected chi connectivity index (χ3v) is 6.52. The van der Waals surface area contributed by atoms with E-state index < -0.39 is 0 Å². The molecule has 3 aromatic carbocycles. The third-order valence-electron chi connectivity index (χ3n) is 5.23. The molecule has 1 heterocycles. The summed E-state index contributed by atoms with van der Waals surface area (Å²) < 4.78 is 2.23. The highest BCUT2D eigenvalue weighted by molar-refractivity contribution is 6.36. The van der Waals surface area contributed by atoms with Crippen LogP contribution in [0.1, 0.15) is 22.4 Å². The minimum atomic E-state index is 0.438. The highest BCUT2D eigenvalue weighted by atomic mass is 35.5. The van der Waals surface area contributed by atoms with Gasteiger partial charge in [-0.25, -0.2) is 0 Å². The van der Waals surface area contributed by atoms with Crippen molar-refractivity contribution in [1.29, 1.82) is 0 Å². The van der Waals surface area contributed by atoms with Gasteiger partial charge in [0.05, 0.1) is 12.8 Å². The molecule has 0 saturated carbocycles. The Morgan fingerprint density at radius 1 is 0.903 bits per heavy atom. The molecule has 1 N–H and O–H groups in total. The zero-order valence-corrected chi connectivity index (χ0v) is 19.7. The summed E-state index contributed by atoms with van der Waals surface area (Å²) in [6, 6.07) is 19.3. The summed E-state index contributed by atoms with van der Waals surface area (Å²) in [6.07, 6.45) is 1.84. The molecular weight excluding hydrogens is 472 g/mol. The maximum Gasteiger partial charge on any atom is 0.0609 e. The van der Waals surface area contributed by atoms with Crippen LogP contribution in [0.15, 0.2) is 65.8 Å². The summed E-state index contributed by atoms with van der Waals surface area (Å²) in [5, 5.41) is 8.05. The zero-order valence-electron chi connectivity index (χ0n) is 16.7. The van der Waals surface area contributed by atoms with Gasteiger partial charge < -0.3 is 9.99 Å². The number of halogens is 4. The Kier molecular flexibility index (Phi) is 6.78. The summed E-state index contributed by atoms with van der Waals surface area (Å²) >= 11 is 24.9. The highest BCUT2D eigenvalue weighted by Crippen LogP contribution is 2.28. The number of aromatic nitrogens is 1. The van der Waals surface area contributed by atoms with Crippen LogP contribution in [0.5, 0.6) is 0 Å². The number of fused-ring (bicyclic) bond motifs is 1. The summed E-state index contributed by atoms with van der Waals surface area (Å²) in [5.41, 5.74) is 8.12. The van der Waals surface area contributed by atoms with E-state index in [1.807, 2.05) is 48.7 Å². The van der Waals surface area contributed by atoms with Gasteiger partial charge in [0.1, 0.15) is 0 Å². The predicted molar refractivity (Wildman–Crippen MR) is 133 cm³/mol. The molecule has 0 aliphatic rings. The molecule has 0 spiro atoms. The smallest absolute Gasteiger partial charge is 0.0609 e. The van der Waals surface area contributed by atoms with Gasteiger partial charge in [0.2, 0.25) is 0 Å². The van der Waals surface area contributed by atoms with Crippen LogP contribution in [0.3, 0.4) is 0 Å². The molecular formula is C24H19Cl4N3. The fourth-order valence-electron chi connectivity index (χ4n) is 3.58. The largest absolute Gasteiger partial charge is 0.340 e. The second-order valence-corrected chi connectivity index (χ2v) is 8.79. The van der Waals surface area contributed by atoms with Crippen LogP contribution in [-0.4, -0.2) is 10.8 Å². The van der Waals surface area contributed by atoms with Gasteiger partial charge in [-0.15, -0.1) is 0 Å². The summed E-state index contributed by atoms with van der Waals surface area (Å²) in [4.78, 5) is 0. The van der Waals surface area contributed by atoms with Crippen molar-refractivity contribution in [3.63, 3.8) is 0 Å². The summed E-state index contributed by atoms with van der Waals surface area (Å²) in [6.45, 7) is 3.15. The number of para-hydroxylation sites is 1. The lowest BCUT2D eigenvalue weighted by atomic mass is 10.1. The van der Waals surface area contributed by atoms with Crippen molar-refractivity contribution in [1.82, 2.24) is 9.99 Å². The van der Waals surface area contributed by atoms with Gasteiger partial charge >= 0.3 is 0 Å². The molecule has 4 aromatic rings. The van der Waals surface area contributed by atoms with Crippen LogP contribution < -0.4 is 5.43 Å². The lowest BCUT2D eigenvalue weighted by Gasteiger charge is -2.10. The quantitative estimate of drug-likeness (QED) is 0.217. The van der Waals surface area contributed by atoms with Crippen LogP contribution in [0, 0.1) is 6.92 Å². The van der Waals surface area contributed by atoms with Gasteiger partial charge in [-0.2, -0.15) is 5.10 Å². The minimum absolute atomic E-state index is 0.438. The molecule has 0 fully saturated rings. The molecule has 0 amide bonds. The van der Waals surface area contributed by atoms with Crippen LogP contribution in [0.4, 0.5) is 0 Å². The van der Waals surface area contributed by atoms with Crippen LogP contribution in [0.2, 0.25) is 20.1 Å². The van der Waals surface area contributed by atoms with Crippen molar-refractivity contribution >= 4 is 63.5 Å². The summed E-state index contributed by atoms with van der Waals surface area (Å²) in [7, 11) is 0. The zero-order chi connectivity index (χ0) is 22.0. The number of hydrogen-bond acceptors (Lipinski definition) is 2. The topological polar surface area (TPSA) is 29.3 Å². The average Bonchev–Trinajstić information content (AvgIpc) is 3.00. The molecule has 3 nitrogen and oxygen atoms in total. The molecule has 0 atom stereocenters. The van der Waals surface area contributed by atoms with Gasteiger partial charge in [0.15, 0.2) is 0 Å². The molecule has 0 unspecified atom stereocenters. The molecule has 31 heavy (non-hydrogen) atoms. The van der Waals surface area contributed by atoms with E-state index in [-0.39, 0.29) is 0 Å². The van der Waals surface area contributed by atoms with Crippen molar-refractivity contribution in [2.24, 2.45) is 5.10 Å². The van der Waals surface area contributed by atoms with E-state index in [1.165, 1.54) is 0 Å². The van der Waals surface area contributed by atoms with E-state index >= 15 is 0 Å². The Balaban J connectivity index is 1.62. The predicted octanol–water partition coefficient (Wildman–Crippen LogP) is 7.74. The molecule has 0 aliphatic carbocycles. The Bertz CT molecular complexity index is 1260. The molecule has 0 aliphatic heterocycles. The number of rotatable bonds is 6. The van der Waals surface area contributed by atoms with Crippen molar-refractivity contribution in [3.8, 4) is 0 Å². The average molecular weight is 491 g/mol. The minimum Gasteiger partial charge on any atom is -0.340 e. The first-order chi connectivity index (χ1) is 15.0. The molecule has 1 aromatic heterocycles. The van der Waals surface area contributed by atoms with Gasteiger partial charge in [0.25, 0.3) is 0 Å². The Morgan fingerprint density at radius 3 is 2.39 bits per heavy atom. The standard InChI is InChI=1S/C24H19Cl4N3/c1-15-19(12-29-30-13-20-21(26)6-4-7-22(20)27)18-5-2-3-8-24(18)31(15)14-16-9-10-17(25)11-23(16)28/h2-12,30H,13-14H2,1H3/b29-12+. The fourth-order valence-corrected chi connectivity index (χ4v) is 4.58. The molecule has 0 bridgehead atoms. The van der Waals surface area contributed by atoms with Crippen LogP contribution in [-0.2, 0) is 13.1 Å². The van der Waals surface area contributed by atoms with Crippen LogP contribution in [0.25, 0.3) is 10.9 Å². The van der Waals surface area contributed by atoms with Crippen molar-refractivity contribution < 1.29 is 0 Å². The SMILES string of the molecule is Cc1c(/C=N/NCc2c(Cl)cccc2Cl)c2ccccc2n1Cc1ccc(Cl)cc1Cl.